The Morgan fingerprint density at radius 2 is 1.40 bits per heavy atom. The number of hydrogen-bond donors (Lipinski definition) is 0. The van der Waals surface area contributed by atoms with Gasteiger partial charge in [0.15, 0.2) is 0 Å². The van der Waals surface area contributed by atoms with E-state index in [-0.39, 0.29) is 4.70 Å². The Hall–Kier alpha value is 0.360. The van der Waals surface area contributed by atoms with Crippen molar-refractivity contribution >= 4 is 7.26 Å². The van der Waals surface area contributed by atoms with Gasteiger partial charge in [-0.2, -0.15) is 0 Å². The Labute approximate surface area is 65.1 Å². The molecule has 0 amide bonds. The summed E-state index contributed by atoms with van der Waals surface area (Å²) >= 11 is 0. The first-order valence-electron chi connectivity index (χ1n) is 3.91. The molecule has 0 heterocycles. The number of hydrogen-bond acceptors (Lipinski definition) is 0. The van der Waals surface area contributed by atoms with Gasteiger partial charge in [-0.15, -0.1) is 0 Å². The van der Waals surface area contributed by atoms with Crippen LogP contribution in [0.25, 0.3) is 0 Å². The van der Waals surface area contributed by atoms with Crippen LogP contribution in [-0.2, 0) is 0 Å². The Bertz CT molecular complexity index is 77.3. The highest BCUT2D eigenvalue weighted by molar-refractivity contribution is 7.75. The lowest BCUT2D eigenvalue weighted by Gasteiger charge is -2.23. The van der Waals surface area contributed by atoms with Crippen LogP contribution in [0.2, 0.25) is 0 Å². The molecule has 0 nitrogen and oxygen atoms in total. The van der Waals surface area contributed by atoms with E-state index in [1.165, 1.54) is 12.3 Å². The van der Waals surface area contributed by atoms with Crippen molar-refractivity contribution in [2.45, 2.75) is 33.4 Å². The summed E-state index contributed by atoms with van der Waals surface area (Å²) in [7, 11) is -0.503. The molecule has 0 aromatic rings. The van der Waals surface area contributed by atoms with Crippen molar-refractivity contribution in [3.05, 3.63) is 0 Å². The summed E-state index contributed by atoms with van der Waals surface area (Å²) in [6.07, 6.45) is 2.84. The normalized spacial score (nSPS) is 11.4. The zero-order valence-electron chi connectivity index (χ0n) is 7.82. The third-order valence-corrected chi connectivity index (χ3v) is 8.07. The van der Waals surface area contributed by atoms with Gasteiger partial charge in [-0.05, 0) is 27.7 Å². The molecule has 0 spiro atoms. The van der Waals surface area contributed by atoms with Gasteiger partial charge >= 0.3 is 0 Å². The van der Waals surface area contributed by atoms with E-state index in [0.29, 0.717) is 0 Å². The first-order chi connectivity index (χ1) is 4.06. The van der Waals surface area contributed by atoms with Crippen LogP contribution in [0.5, 0.6) is 0 Å². The van der Waals surface area contributed by atoms with Crippen LogP contribution in [0.3, 0.4) is 0 Å². The van der Waals surface area contributed by atoms with Crippen LogP contribution >= 0.6 is 7.26 Å². The fourth-order valence-corrected chi connectivity index (χ4v) is 2.86. The fourth-order valence-electron chi connectivity index (χ4n) is 0.954. The second-order valence-corrected chi connectivity index (χ2v) is 8.46. The maximum absolute atomic E-state index is 2.48. The van der Waals surface area contributed by atoms with Crippen LogP contribution < -0.4 is 4.70 Å². The van der Waals surface area contributed by atoms with Gasteiger partial charge in [-0.3, -0.25) is 0 Å². The smallest absolute Gasteiger partial charge is 0.0638 e. The van der Waals surface area contributed by atoms with Crippen LogP contribution in [-0.4, -0.2) is 24.6 Å². The molecule has 0 aliphatic rings. The zero-order valence-corrected chi connectivity index (χ0v) is 8.71. The lowest BCUT2D eigenvalue weighted by molar-refractivity contribution is -0.00000228. The van der Waals surface area contributed by atoms with Crippen LogP contribution in [0.1, 0.15) is 27.7 Å². The minimum atomic E-state index is -0.503. The highest BCUT2D eigenvalue weighted by Gasteiger charge is 2.30. The van der Waals surface area contributed by atoms with Crippen LogP contribution in [0.15, 0.2) is 0 Å². The first-order valence-corrected chi connectivity index (χ1v) is 6.58. The summed E-state index contributed by atoms with van der Waals surface area (Å²) in [5.74, 6) is 0. The van der Waals surface area contributed by atoms with Crippen molar-refractivity contribution in [2.75, 3.05) is 19.0 Å². The van der Waals surface area contributed by atoms with E-state index in [1.807, 2.05) is 0 Å². The molecule has 0 rings (SSSR count). The third kappa shape index (κ3) is 2.96. The average molecular weight is 166 g/mol. The molecule has 0 aromatic carbocycles. The van der Waals surface area contributed by atoms with Gasteiger partial charge in [0.1, 0.15) is 0 Å². The van der Waals surface area contributed by atoms with E-state index in [2.05, 4.69) is 34.4 Å². The predicted octanol–water partition coefficient (Wildman–Crippen LogP) is 0.0860. The zero-order chi connectivity index (χ0) is 7.49. The predicted molar refractivity (Wildman–Crippen MR) is 49.1 cm³/mol. The molecular weight excluding hydrogens is 146 g/mol. The Morgan fingerprint density at radius 1 is 1.10 bits per heavy atom. The standard InChI is InChI=1S/C8H20P.FH/c1-6-9(5,7-2)8(3)4;/h8H,6-7H2,1-5H3;1H/q+1;/p-1. The third-order valence-electron chi connectivity index (χ3n) is 2.69. The van der Waals surface area contributed by atoms with E-state index in [1.54, 1.807) is 0 Å². The summed E-state index contributed by atoms with van der Waals surface area (Å²) in [6.45, 7) is 11.9. The van der Waals surface area contributed by atoms with E-state index < -0.39 is 7.26 Å². The lowest BCUT2D eigenvalue weighted by Crippen LogP contribution is -3.00. The summed E-state index contributed by atoms with van der Waals surface area (Å²) in [6, 6.07) is 0. The molecule has 0 bridgehead atoms. The fraction of sp³-hybridized carbons (Fsp3) is 1.00. The highest BCUT2D eigenvalue weighted by Crippen LogP contribution is 2.58. The van der Waals surface area contributed by atoms with Crippen LogP contribution in [0, 0.1) is 0 Å². The van der Waals surface area contributed by atoms with E-state index in [4.69, 9.17) is 0 Å². The van der Waals surface area contributed by atoms with Gasteiger partial charge in [0.2, 0.25) is 0 Å². The SMILES string of the molecule is CC[P+](C)(CC)C(C)C.[F-]. The van der Waals surface area contributed by atoms with E-state index >= 15 is 0 Å². The maximum Gasteiger partial charge on any atom is 0.0638 e. The highest BCUT2D eigenvalue weighted by atomic mass is 31.2. The quantitative estimate of drug-likeness (QED) is 0.521. The van der Waals surface area contributed by atoms with Crippen molar-refractivity contribution < 1.29 is 4.70 Å². The summed E-state index contributed by atoms with van der Waals surface area (Å²) in [5, 5.41) is 0. The van der Waals surface area contributed by atoms with Crippen molar-refractivity contribution in [1.29, 1.82) is 0 Å². The number of halogens is 1. The van der Waals surface area contributed by atoms with Gasteiger partial charge in [0.25, 0.3) is 0 Å². The molecule has 0 N–H and O–H groups in total. The molecule has 0 aromatic heterocycles. The topological polar surface area (TPSA) is 0 Å². The molecule has 0 radical (unpaired) electrons. The molecule has 0 unspecified atom stereocenters. The molecule has 0 saturated heterocycles. The maximum atomic E-state index is 2.48. The van der Waals surface area contributed by atoms with E-state index in [0.717, 1.165) is 5.66 Å². The molecule has 0 aliphatic heterocycles. The molecule has 0 aliphatic carbocycles. The van der Waals surface area contributed by atoms with Gasteiger partial charge in [0.05, 0.1) is 18.0 Å². The Kier molecular flexibility index (Phi) is 6.58. The molecule has 64 valence electrons. The molecule has 0 saturated carbocycles. The average Bonchev–Trinajstić information content (AvgIpc) is 1.86. The first kappa shape index (κ1) is 13.0. The Balaban J connectivity index is 0. The molecule has 10 heavy (non-hydrogen) atoms. The van der Waals surface area contributed by atoms with Gasteiger partial charge < -0.3 is 4.70 Å². The second kappa shape index (κ2) is 5.07. The van der Waals surface area contributed by atoms with Gasteiger partial charge in [-0.25, -0.2) is 0 Å². The van der Waals surface area contributed by atoms with Crippen molar-refractivity contribution in [3.63, 3.8) is 0 Å². The number of rotatable bonds is 3. The van der Waals surface area contributed by atoms with Crippen molar-refractivity contribution in [2.24, 2.45) is 0 Å². The minimum Gasteiger partial charge on any atom is -1.00 e. The minimum absolute atomic E-state index is 0. The van der Waals surface area contributed by atoms with Crippen molar-refractivity contribution in [3.8, 4) is 0 Å². The van der Waals surface area contributed by atoms with Gasteiger partial charge in [-0.1, -0.05) is 0 Å². The second-order valence-electron chi connectivity index (χ2n) is 3.21. The molecule has 2 heteroatoms. The molecule has 0 fully saturated rings. The molecular formula is C8H20FP. The largest absolute Gasteiger partial charge is 1.00 e. The summed E-state index contributed by atoms with van der Waals surface area (Å²) in [5.41, 5.74) is 0.937. The van der Waals surface area contributed by atoms with Crippen LogP contribution in [0.4, 0.5) is 0 Å². The Morgan fingerprint density at radius 3 is 1.40 bits per heavy atom. The lowest BCUT2D eigenvalue weighted by atomic mass is 10.6. The monoisotopic (exact) mass is 166 g/mol. The summed E-state index contributed by atoms with van der Waals surface area (Å²) < 4.78 is 0. The molecule has 0 atom stereocenters. The summed E-state index contributed by atoms with van der Waals surface area (Å²) in [4.78, 5) is 0. The van der Waals surface area contributed by atoms with Gasteiger partial charge in [0, 0.05) is 13.9 Å². The van der Waals surface area contributed by atoms with Crippen molar-refractivity contribution in [1.82, 2.24) is 0 Å². The van der Waals surface area contributed by atoms with E-state index in [9.17, 15) is 0 Å².